The van der Waals surface area contributed by atoms with Gasteiger partial charge in [0.15, 0.2) is 0 Å². The van der Waals surface area contributed by atoms with E-state index >= 15 is 0 Å². The van der Waals surface area contributed by atoms with Crippen LogP contribution < -0.4 is 0 Å². The molecule has 0 aromatic heterocycles. The largest absolute Gasteiger partial charge is 0.465 e. The van der Waals surface area contributed by atoms with Gasteiger partial charge in [-0.15, -0.1) is 0 Å². The van der Waals surface area contributed by atoms with Gasteiger partial charge in [-0.2, -0.15) is 0 Å². The molecule has 0 amide bonds. The van der Waals surface area contributed by atoms with E-state index in [0.717, 1.165) is 5.56 Å². The Morgan fingerprint density at radius 1 is 1.22 bits per heavy atom. The van der Waals surface area contributed by atoms with Crippen LogP contribution >= 0.6 is 0 Å². The second-order valence-corrected chi connectivity index (χ2v) is 5.28. The van der Waals surface area contributed by atoms with Gasteiger partial charge in [0, 0.05) is 6.42 Å². The monoisotopic (exact) mass is 250 g/mol. The van der Waals surface area contributed by atoms with E-state index in [1.807, 2.05) is 30.3 Å². The number of carbonyl (C=O) groups excluding carboxylic acids is 1. The van der Waals surface area contributed by atoms with E-state index in [1.54, 1.807) is 27.7 Å². The molecule has 1 atom stereocenters. The number of ether oxygens (including phenoxy) is 1. The van der Waals surface area contributed by atoms with Gasteiger partial charge in [-0.3, -0.25) is 4.79 Å². The van der Waals surface area contributed by atoms with E-state index in [-0.39, 0.29) is 5.97 Å². The zero-order chi connectivity index (χ0) is 13.8. The highest BCUT2D eigenvalue weighted by atomic mass is 16.5. The van der Waals surface area contributed by atoms with Crippen molar-refractivity contribution in [3.05, 3.63) is 35.9 Å². The SMILES string of the molecule is CCOC(=O)C(C)(C)[C@@](C)(O)Cc1ccccc1. The summed E-state index contributed by atoms with van der Waals surface area (Å²) in [6.45, 7) is 7.20. The van der Waals surface area contributed by atoms with E-state index in [2.05, 4.69) is 0 Å². The van der Waals surface area contributed by atoms with Gasteiger partial charge in [0.2, 0.25) is 0 Å². The molecule has 1 aromatic carbocycles. The minimum Gasteiger partial charge on any atom is -0.465 e. The third-order valence-electron chi connectivity index (χ3n) is 3.52. The molecular weight excluding hydrogens is 228 g/mol. The molecule has 0 saturated carbocycles. The minimum absolute atomic E-state index is 0.323. The summed E-state index contributed by atoms with van der Waals surface area (Å²) >= 11 is 0. The summed E-state index contributed by atoms with van der Waals surface area (Å²) in [5, 5.41) is 10.6. The van der Waals surface area contributed by atoms with E-state index < -0.39 is 11.0 Å². The Hall–Kier alpha value is -1.35. The van der Waals surface area contributed by atoms with Gasteiger partial charge in [0.1, 0.15) is 0 Å². The van der Waals surface area contributed by atoms with Crippen molar-refractivity contribution in [2.75, 3.05) is 6.61 Å². The van der Waals surface area contributed by atoms with Crippen LogP contribution in [0.5, 0.6) is 0 Å². The Morgan fingerprint density at radius 2 is 1.78 bits per heavy atom. The van der Waals surface area contributed by atoms with E-state index in [0.29, 0.717) is 13.0 Å². The highest BCUT2D eigenvalue weighted by molar-refractivity contribution is 5.77. The predicted octanol–water partition coefficient (Wildman–Crippen LogP) is 2.57. The molecule has 0 saturated heterocycles. The van der Waals surface area contributed by atoms with Gasteiger partial charge < -0.3 is 9.84 Å². The van der Waals surface area contributed by atoms with Crippen LogP contribution in [0.2, 0.25) is 0 Å². The summed E-state index contributed by atoms with van der Waals surface area (Å²) in [6, 6.07) is 9.64. The third kappa shape index (κ3) is 3.10. The van der Waals surface area contributed by atoms with Gasteiger partial charge >= 0.3 is 5.97 Å². The molecule has 3 heteroatoms. The number of aliphatic hydroxyl groups is 1. The maximum atomic E-state index is 11.9. The predicted molar refractivity (Wildman–Crippen MR) is 71.2 cm³/mol. The Morgan fingerprint density at radius 3 is 2.28 bits per heavy atom. The Kier molecular flexibility index (Phi) is 4.52. The minimum atomic E-state index is -1.15. The molecule has 1 rings (SSSR count). The molecular formula is C15H22O3. The van der Waals surface area contributed by atoms with Crippen molar-refractivity contribution in [3.63, 3.8) is 0 Å². The van der Waals surface area contributed by atoms with Gasteiger partial charge in [-0.25, -0.2) is 0 Å². The van der Waals surface area contributed by atoms with Crippen molar-refractivity contribution in [2.24, 2.45) is 5.41 Å². The van der Waals surface area contributed by atoms with Crippen LogP contribution in [0.1, 0.15) is 33.3 Å². The molecule has 0 aliphatic carbocycles. The second-order valence-electron chi connectivity index (χ2n) is 5.28. The summed E-state index contributed by atoms with van der Waals surface area (Å²) in [7, 11) is 0. The zero-order valence-corrected chi connectivity index (χ0v) is 11.6. The molecule has 0 aliphatic rings. The lowest BCUT2D eigenvalue weighted by atomic mass is 9.73. The number of benzene rings is 1. The summed E-state index contributed by atoms with van der Waals surface area (Å²) in [4.78, 5) is 11.9. The Balaban J connectivity index is 2.88. The number of hydrogen-bond donors (Lipinski definition) is 1. The van der Waals surface area contributed by atoms with E-state index in [4.69, 9.17) is 4.74 Å². The van der Waals surface area contributed by atoms with Crippen molar-refractivity contribution in [1.82, 2.24) is 0 Å². The molecule has 0 aliphatic heterocycles. The first-order valence-corrected chi connectivity index (χ1v) is 6.25. The summed E-state index contributed by atoms with van der Waals surface area (Å²) in [6.07, 6.45) is 0.416. The van der Waals surface area contributed by atoms with Crippen molar-refractivity contribution in [1.29, 1.82) is 0 Å². The van der Waals surface area contributed by atoms with Crippen LogP contribution in [0.15, 0.2) is 30.3 Å². The van der Waals surface area contributed by atoms with E-state index in [1.165, 1.54) is 0 Å². The van der Waals surface area contributed by atoms with Gasteiger partial charge in [0.05, 0.1) is 17.6 Å². The number of hydrogen-bond acceptors (Lipinski definition) is 3. The lowest BCUT2D eigenvalue weighted by molar-refractivity contribution is -0.168. The third-order valence-corrected chi connectivity index (χ3v) is 3.52. The van der Waals surface area contributed by atoms with Crippen LogP contribution in [0.25, 0.3) is 0 Å². The quantitative estimate of drug-likeness (QED) is 0.817. The normalized spacial score (nSPS) is 14.9. The van der Waals surface area contributed by atoms with Crippen LogP contribution in [-0.2, 0) is 16.0 Å². The average Bonchev–Trinajstić information content (AvgIpc) is 2.29. The molecule has 3 nitrogen and oxygen atoms in total. The smallest absolute Gasteiger partial charge is 0.314 e. The van der Waals surface area contributed by atoms with Gasteiger partial charge in [-0.05, 0) is 33.3 Å². The highest BCUT2D eigenvalue weighted by Crippen LogP contribution is 2.34. The Labute approximate surface area is 109 Å². The molecule has 18 heavy (non-hydrogen) atoms. The van der Waals surface area contributed by atoms with Crippen LogP contribution in [0.3, 0.4) is 0 Å². The van der Waals surface area contributed by atoms with Crippen LogP contribution in [0, 0.1) is 5.41 Å². The Bertz CT molecular complexity index is 393. The van der Waals surface area contributed by atoms with Gasteiger partial charge in [-0.1, -0.05) is 30.3 Å². The molecule has 100 valence electrons. The molecule has 1 N–H and O–H groups in total. The fraction of sp³-hybridized carbons (Fsp3) is 0.533. The van der Waals surface area contributed by atoms with Crippen molar-refractivity contribution in [2.45, 2.75) is 39.7 Å². The van der Waals surface area contributed by atoms with Gasteiger partial charge in [0.25, 0.3) is 0 Å². The number of rotatable bonds is 5. The first kappa shape index (κ1) is 14.7. The standard InChI is InChI=1S/C15H22O3/c1-5-18-13(16)14(2,3)15(4,17)11-12-9-7-6-8-10-12/h6-10,17H,5,11H2,1-4H3/t15-/m0/s1. The van der Waals surface area contributed by atoms with E-state index in [9.17, 15) is 9.90 Å². The maximum absolute atomic E-state index is 11.9. The summed E-state index contributed by atoms with van der Waals surface area (Å²) in [5.74, 6) is -0.370. The molecule has 0 radical (unpaired) electrons. The number of carbonyl (C=O) groups is 1. The summed E-state index contributed by atoms with van der Waals surface area (Å²) < 4.78 is 5.03. The fourth-order valence-corrected chi connectivity index (χ4v) is 1.75. The summed E-state index contributed by atoms with van der Waals surface area (Å²) in [5.41, 5.74) is -1.10. The fourth-order valence-electron chi connectivity index (χ4n) is 1.75. The molecule has 0 bridgehead atoms. The van der Waals surface area contributed by atoms with Crippen molar-refractivity contribution in [3.8, 4) is 0 Å². The van der Waals surface area contributed by atoms with Crippen molar-refractivity contribution < 1.29 is 14.6 Å². The first-order valence-electron chi connectivity index (χ1n) is 6.25. The second kappa shape index (κ2) is 5.53. The molecule has 0 spiro atoms. The highest BCUT2D eigenvalue weighted by Gasteiger charge is 2.46. The number of esters is 1. The van der Waals surface area contributed by atoms with Crippen LogP contribution in [0.4, 0.5) is 0 Å². The average molecular weight is 250 g/mol. The maximum Gasteiger partial charge on any atom is 0.314 e. The lowest BCUT2D eigenvalue weighted by Crippen LogP contribution is -2.49. The topological polar surface area (TPSA) is 46.5 Å². The molecule has 0 unspecified atom stereocenters. The van der Waals surface area contributed by atoms with Crippen molar-refractivity contribution >= 4 is 5.97 Å². The molecule has 0 fully saturated rings. The molecule has 0 heterocycles. The zero-order valence-electron chi connectivity index (χ0n) is 11.6. The van der Waals surface area contributed by atoms with Crippen LogP contribution in [-0.4, -0.2) is 23.3 Å². The first-order chi connectivity index (χ1) is 8.31. The lowest BCUT2D eigenvalue weighted by Gasteiger charge is -2.38. The molecule has 1 aromatic rings.